The monoisotopic (exact) mass is 677 g/mol. The van der Waals surface area contributed by atoms with E-state index < -0.39 is 0 Å². The fourth-order valence-electron chi connectivity index (χ4n) is 5.63. The van der Waals surface area contributed by atoms with Crippen LogP contribution in [0.2, 0.25) is 0 Å². The second-order valence-electron chi connectivity index (χ2n) is 11.8. The van der Waals surface area contributed by atoms with Crippen LogP contribution in [-0.2, 0) is 18.8 Å². The molecule has 0 unspecified atom stereocenters. The molecule has 4 heterocycles. The highest BCUT2D eigenvalue weighted by atomic mass is 32.2. The molecule has 2 aromatic carbocycles. The highest BCUT2D eigenvalue weighted by Gasteiger charge is 2.18. The summed E-state index contributed by atoms with van der Waals surface area (Å²) in [6.45, 7) is 4.41. The zero-order chi connectivity index (χ0) is 34.3. The number of morpholine rings is 1. The summed E-state index contributed by atoms with van der Waals surface area (Å²) in [6.07, 6.45) is 9.43. The third-order valence-corrected chi connectivity index (χ3v) is 9.09. The van der Waals surface area contributed by atoms with Gasteiger partial charge in [-0.05, 0) is 66.4 Å². The molecule has 12 heteroatoms. The molecule has 3 N–H and O–H groups in total. The van der Waals surface area contributed by atoms with Crippen LogP contribution >= 0.6 is 11.8 Å². The lowest BCUT2D eigenvalue weighted by Crippen LogP contribution is -2.41. The van der Waals surface area contributed by atoms with Crippen molar-refractivity contribution in [3.8, 4) is 0 Å². The van der Waals surface area contributed by atoms with Gasteiger partial charge in [0.25, 0.3) is 17.7 Å². The molecule has 11 nitrogen and oxygen atoms in total. The number of hydrogen-bond donors (Lipinski definition) is 3. The maximum atomic E-state index is 13.2. The first-order valence-electron chi connectivity index (χ1n) is 16.0. The number of aromatic nitrogens is 3. The minimum absolute atomic E-state index is 0.213. The van der Waals surface area contributed by atoms with Crippen LogP contribution in [0.5, 0.6) is 0 Å². The number of nitrogens with zero attached hydrogens (tertiary/aromatic N) is 4. The first-order chi connectivity index (χ1) is 23.7. The molecule has 5 aromatic rings. The normalized spacial score (nSPS) is 13.5. The Hall–Kier alpha value is -5.17. The van der Waals surface area contributed by atoms with Crippen LogP contribution in [0, 0.1) is 0 Å². The molecule has 1 aliphatic rings. The molecule has 0 aliphatic carbocycles. The van der Waals surface area contributed by atoms with Gasteiger partial charge < -0.3 is 29.8 Å². The largest absolute Gasteiger partial charge is 0.379 e. The highest BCUT2D eigenvalue weighted by Crippen LogP contribution is 2.21. The number of carbonyl (C=O) groups excluding carboxylic acids is 3. The summed E-state index contributed by atoms with van der Waals surface area (Å²) < 4.78 is 8.69. The number of anilines is 2. The van der Waals surface area contributed by atoms with Gasteiger partial charge in [0, 0.05) is 68.5 Å². The Morgan fingerprint density at radius 1 is 0.816 bits per heavy atom. The summed E-state index contributed by atoms with van der Waals surface area (Å²) in [5.74, 6) is -0.884. The molecular formula is C37H39N7O4S. The van der Waals surface area contributed by atoms with Gasteiger partial charge in [0.2, 0.25) is 0 Å². The minimum Gasteiger partial charge on any atom is -0.379 e. The van der Waals surface area contributed by atoms with E-state index in [1.54, 1.807) is 71.7 Å². The topological polar surface area (TPSA) is 123 Å². The number of thioether (sulfide) groups is 1. The highest BCUT2D eigenvalue weighted by molar-refractivity contribution is 7.98. The van der Waals surface area contributed by atoms with E-state index in [9.17, 15) is 14.4 Å². The number of nitrogens with one attached hydrogen (secondary N) is 3. The average molecular weight is 678 g/mol. The smallest absolute Gasteiger partial charge is 0.272 e. The van der Waals surface area contributed by atoms with E-state index >= 15 is 0 Å². The maximum absolute atomic E-state index is 13.2. The van der Waals surface area contributed by atoms with Gasteiger partial charge in [0.1, 0.15) is 11.4 Å². The molecule has 49 heavy (non-hydrogen) atoms. The van der Waals surface area contributed by atoms with Crippen molar-refractivity contribution in [1.82, 2.24) is 24.3 Å². The fourth-order valence-corrected chi connectivity index (χ4v) is 6.04. The van der Waals surface area contributed by atoms with Crippen molar-refractivity contribution >= 4 is 63.9 Å². The molecule has 1 aliphatic heterocycles. The van der Waals surface area contributed by atoms with Crippen molar-refractivity contribution in [3.63, 3.8) is 0 Å². The van der Waals surface area contributed by atoms with Gasteiger partial charge in [-0.1, -0.05) is 24.3 Å². The van der Waals surface area contributed by atoms with Gasteiger partial charge >= 0.3 is 0 Å². The molecule has 1 saturated heterocycles. The average Bonchev–Trinajstić information content (AvgIpc) is 3.68. The number of hydrogen-bond acceptors (Lipinski definition) is 7. The molecule has 1 fully saturated rings. The molecule has 6 rings (SSSR count). The van der Waals surface area contributed by atoms with Crippen molar-refractivity contribution in [1.29, 1.82) is 0 Å². The number of ether oxygens (including phenoxy) is 1. The van der Waals surface area contributed by atoms with Crippen molar-refractivity contribution in [2.24, 2.45) is 14.1 Å². The van der Waals surface area contributed by atoms with Gasteiger partial charge in [0.15, 0.2) is 0 Å². The summed E-state index contributed by atoms with van der Waals surface area (Å²) >= 11 is 1.71. The number of amides is 3. The van der Waals surface area contributed by atoms with Crippen molar-refractivity contribution in [2.75, 3.05) is 56.3 Å². The Bertz CT molecular complexity index is 2010. The van der Waals surface area contributed by atoms with E-state index in [-0.39, 0.29) is 17.7 Å². The Morgan fingerprint density at radius 3 is 2.18 bits per heavy atom. The summed E-state index contributed by atoms with van der Waals surface area (Å²) in [5.41, 5.74) is 4.93. The van der Waals surface area contributed by atoms with Crippen molar-refractivity contribution < 1.29 is 19.1 Å². The van der Waals surface area contributed by atoms with E-state index in [0.717, 1.165) is 41.8 Å². The Kier molecular flexibility index (Phi) is 10.6. The second kappa shape index (κ2) is 15.4. The Labute approximate surface area is 289 Å². The minimum atomic E-state index is -0.369. The lowest BCUT2D eigenvalue weighted by molar-refractivity contribution is 0.0383. The molecule has 0 radical (unpaired) electrons. The van der Waals surface area contributed by atoms with E-state index in [1.165, 1.54) is 4.90 Å². The van der Waals surface area contributed by atoms with Crippen LogP contribution in [0.25, 0.3) is 23.1 Å². The second-order valence-corrected chi connectivity index (χ2v) is 12.7. The summed E-state index contributed by atoms with van der Waals surface area (Å²) in [7, 11) is 3.49. The van der Waals surface area contributed by atoms with Gasteiger partial charge in [0.05, 0.1) is 35.8 Å². The molecule has 0 saturated carbocycles. The molecule has 252 valence electrons. The Balaban J connectivity index is 1.05. The van der Waals surface area contributed by atoms with Crippen LogP contribution in [0.4, 0.5) is 11.4 Å². The van der Waals surface area contributed by atoms with Crippen molar-refractivity contribution in [3.05, 3.63) is 107 Å². The molecule has 0 bridgehead atoms. The van der Waals surface area contributed by atoms with Crippen LogP contribution in [0.15, 0.2) is 84.0 Å². The summed E-state index contributed by atoms with van der Waals surface area (Å²) in [6, 6.07) is 20.8. The lowest BCUT2D eigenvalue weighted by Gasteiger charge is -2.26. The van der Waals surface area contributed by atoms with Crippen LogP contribution in [0.3, 0.4) is 0 Å². The van der Waals surface area contributed by atoms with E-state index in [1.807, 2.05) is 30.4 Å². The molecule has 0 spiro atoms. The van der Waals surface area contributed by atoms with E-state index in [0.29, 0.717) is 48.1 Å². The predicted molar refractivity (Wildman–Crippen MR) is 195 cm³/mol. The molecule has 3 amide bonds. The maximum Gasteiger partial charge on any atom is 0.272 e. The first kappa shape index (κ1) is 33.7. The Morgan fingerprint density at radius 2 is 1.49 bits per heavy atom. The fraction of sp³-hybridized carbons (Fsp3) is 0.243. The number of carbonyl (C=O) groups is 3. The standard InChI is InChI=1S/C37H39N7O4S/c1-42-24-30(21-33(42)36(46)38-14-15-44-16-18-48-19-17-44)41-37(47)34-22-29(23-43(34)2)40-35(45)27-8-13-32-26(20-27)7-10-28(39-32)9-4-25-5-11-31(49-3)12-6-25/h4-13,20-24H,14-19H2,1-3H3,(H,38,46)(H,40,45)(H,41,47)/b9-4+. The van der Waals surface area contributed by atoms with Crippen molar-refractivity contribution in [2.45, 2.75) is 4.90 Å². The number of rotatable bonds is 11. The number of aryl methyl sites for hydroxylation is 2. The zero-order valence-corrected chi connectivity index (χ0v) is 28.5. The first-order valence-corrected chi connectivity index (χ1v) is 17.2. The summed E-state index contributed by atoms with van der Waals surface area (Å²) in [5, 5.41) is 9.54. The SMILES string of the molecule is CSc1ccc(/C=C/c2ccc3cc(C(=O)Nc4cc(C(=O)Nc5cc(C(=O)NCCN6CCOCC6)n(C)c5)n(C)c4)ccc3n2)cc1. The molecule has 3 aromatic heterocycles. The number of benzene rings is 2. The van der Waals surface area contributed by atoms with E-state index in [2.05, 4.69) is 51.4 Å². The lowest BCUT2D eigenvalue weighted by atomic mass is 10.1. The molecule has 0 atom stereocenters. The van der Waals surface area contributed by atoms with Gasteiger partial charge in [-0.3, -0.25) is 19.3 Å². The quantitative estimate of drug-likeness (QED) is 0.161. The van der Waals surface area contributed by atoms with Crippen LogP contribution in [-0.4, -0.2) is 82.4 Å². The van der Waals surface area contributed by atoms with Crippen LogP contribution < -0.4 is 16.0 Å². The number of pyridine rings is 1. The predicted octanol–water partition coefficient (Wildman–Crippen LogP) is 5.37. The zero-order valence-electron chi connectivity index (χ0n) is 27.7. The van der Waals surface area contributed by atoms with Gasteiger partial charge in [-0.25, -0.2) is 4.98 Å². The molecular weight excluding hydrogens is 639 g/mol. The number of fused-ring (bicyclic) bond motifs is 1. The van der Waals surface area contributed by atoms with Gasteiger partial charge in [-0.15, -0.1) is 11.8 Å². The van der Waals surface area contributed by atoms with E-state index in [4.69, 9.17) is 9.72 Å². The third kappa shape index (κ3) is 8.47. The third-order valence-electron chi connectivity index (χ3n) is 8.34. The summed E-state index contributed by atoms with van der Waals surface area (Å²) in [4.78, 5) is 47.3. The van der Waals surface area contributed by atoms with Crippen LogP contribution in [0.1, 0.15) is 42.6 Å². The van der Waals surface area contributed by atoms with Gasteiger partial charge in [-0.2, -0.15) is 0 Å².